The van der Waals surface area contributed by atoms with E-state index in [2.05, 4.69) is 27.3 Å². The summed E-state index contributed by atoms with van der Waals surface area (Å²) in [5.41, 5.74) is 6.29. The number of nitrogens with two attached hydrogens (primary N) is 1. The van der Waals surface area contributed by atoms with Gasteiger partial charge >= 0.3 is 0 Å². The number of hydrazine groups is 1. The Morgan fingerprint density at radius 2 is 1.94 bits per heavy atom. The quantitative estimate of drug-likeness (QED) is 0.637. The fraction of sp³-hybridized carbons (Fsp3) is 0.308. The summed E-state index contributed by atoms with van der Waals surface area (Å²) in [6.07, 6.45) is 0.835. The second kappa shape index (κ2) is 5.10. The van der Waals surface area contributed by atoms with Gasteiger partial charge < -0.3 is 5.43 Å². The number of nitrogens with zero attached hydrogens (tertiary/aromatic N) is 3. The van der Waals surface area contributed by atoms with Crippen molar-refractivity contribution < 1.29 is 0 Å². The molecule has 18 heavy (non-hydrogen) atoms. The summed E-state index contributed by atoms with van der Waals surface area (Å²) in [4.78, 5) is 13.4. The fourth-order valence-electron chi connectivity index (χ4n) is 1.83. The first-order valence-electron chi connectivity index (χ1n) is 5.93. The lowest BCUT2D eigenvalue weighted by atomic mass is 10.2. The van der Waals surface area contributed by atoms with Gasteiger partial charge in [-0.05, 0) is 32.4 Å². The number of rotatable bonds is 3. The second-order valence-corrected chi connectivity index (χ2v) is 4.13. The van der Waals surface area contributed by atoms with Crippen molar-refractivity contribution in [3.05, 3.63) is 35.2 Å². The van der Waals surface area contributed by atoms with E-state index in [1.54, 1.807) is 0 Å². The molecule has 0 amide bonds. The van der Waals surface area contributed by atoms with Crippen LogP contribution in [0.1, 0.15) is 23.9 Å². The molecule has 0 radical (unpaired) electrons. The number of hydrogen-bond donors (Lipinski definition) is 2. The molecule has 0 aliphatic carbocycles. The topological polar surface area (TPSA) is 76.7 Å². The zero-order valence-electron chi connectivity index (χ0n) is 10.9. The van der Waals surface area contributed by atoms with Gasteiger partial charge in [-0.2, -0.15) is 0 Å². The van der Waals surface area contributed by atoms with E-state index in [4.69, 9.17) is 5.84 Å². The van der Waals surface area contributed by atoms with Crippen LogP contribution in [0, 0.1) is 13.8 Å². The van der Waals surface area contributed by atoms with Gasteiger partial charge in [0.25, 0.3) is 0 Å². The highest BCUT2D eigenvalue weighted by Gasteiger charge is 2.11. The van der Waals surface area contributed by atoms with Crippen LogP contribution in [0.5, 0.6) is 0 Å². The van der Waals surface area contributed by atoms with Crippen LogP contribution < -0.4 is 11.3 Å². The van der Waals surface area contributed by atoms with E-state index in [1.165, 1.54) is 0 Å². The molecule has 0 spiro atoms. The molecule has 0 saturated carbocycles. The van der Waals surface area contributed by atoms with Gasteiger partial charge in [-0.3, -0.25) is 0 Å². The Kier molecular flexibility index (Phi) is 3.53. The molecule has 2 aromatic rings. The lowest BCUT2D eigenvalue weighted by Gasteiger charge is -2.10. The van der Waals surface area contributed by atoms with Crippen molar-refractivity contribution in [1.29, 1.82) is 0 Å². The van der Waals surface area contributed by atoms with Crippen LogP contribution in [0.4, 0.5) is 5.82 Å². The molecule has 0 aliphatic rings. The maximum Gasteiger partial charge on any atom is 0.180 e. The lowest BCUT2D eigenvalue weighted by molar-refractivity contribution is 0.965. The standard InChI is InChI=1S/C13H17N5/c1-4-10-9(3)12(18-14)17-13(16-10)11-7-5-6-8(2)15-11/h5-7H,4,14H2,1-3H3,(H,16,17,18). The smallest absolute Gasteiger partial charge is 0.180 e. The van der Waals surface area contributed by atoms with Gasteiger partial charge in [0.1, 0.15) is 11.5 Å². The van der Waals surface area contributed by atoms with Crippen molar-refractivity contribution in [2.75, 3.05) is 5.43 Å². The Hall–Kier alpha value is -2.01. The molecule has 0 aromatic carbocycles. The van der Waals surface area contributed by atoms with Gasteiger partial charge in [-0.15, -0.1) is 0 Å². The number of nitrogens with one attached hydrogen (secondary N) is 1. The molecule has 2 aromatic heterocycles. The predicted molar refractivity (Wildman–Crippen MR) is 71.9 cm³/mol. The Balaban J connectivity index is 2.58. The molecular formula is C13H17N5. The Morgan fingerprint density at radius 1 is 1.17 bits per heavy atom. The summed E-state index contributed by atoms with van der Waals surface area (Å²) in [6.45, 7) is 5.96. The molecule has 0 saturated heterocycles. The highest BCUT2D eigenvalue weighted by molar-refractivity contribution is 5.56. The van der Waals surface area contributed by atoms with E-state index < -0.39 is 0 Å². The number of anilines is 1. The minimum absolute atomic E-state index is 0.606. The van der Waals surface area contributed by atoms with E-state index >= 15 is 0 Å². The van der Waals surface area contributed by atoms with Crippen molar-refractivity contribution in [1.82, 2.24) is 15.0 Å². The third-order valence-corrected chi connectivity index (χ3v) is 2.84. The zero-order valence-corrected chi connectivity index (χ0v) is 10.9. The maximum atomic E-state index is 5.49. The fourth-order valence-corrected chi connectivity index (χ4v) is 1.83. The molecule has 0 bridgehead atoms. The van der Waals surface area contributed by atoms with Crippen LogP contribution in [-0.2, 0) is 6.42 Å². The monoisotopic (exact) mass is 243 g/mol. The van der Waals surface area contributed by atoms with E-state index in [9.17, 15) is 0 Å². The van der Waals surface area contributed by atoms with E-state index in [1.807, 2.05) is 32.0 Å². The molecule has 5 heteroatoms. The summed E-state index contributed by atoms with van der Waals surface area (Å²) in [7, 11) is 0. The molecule has 2 rings (SSSR count). The first kappa shape index (κ1) is 12.4. The summed E-state index contributed by atoms with van der Waals surface area (Å²) in [5.74, 6) is 6.75. The van der Waals surface area contributed by atoms with Gasteiger partial charge in [0.2, 0.25) is 0 Å². The van der Waals surface area contributed by atoms with Crippen molar-refractivity contribution in [3.63, 3.8) is 0 Å². The average Bonchev–Trinajstić information content (AvgIpc) is 2.39. The van der Waals surface area contributed by atoms with E-state index in [0.717, 1.165) is 29.1 Å². The average molecular weight is 243 g/mol. The number of hydrogen-bond acceptors (Lipinski definition) is 5. The first-order chi connectivity index (χ1) is 8.65. The lowest BCUT2D eigenvalue weighted by Crippen LogP contribution is -2.13. The third kappa shape index (κ3) is 2.31. The summed E-state index contributed by atoms with van der Waals surface area (Å²) in [5, 5.41) is 0. The SMILES string of the molecule is CCc1nc(-c2cccc(C)n2)nc(NN)c1C. The van der Waals surface area contributed by atoms with Gasteiger partial charge in [0.15, 0.2) is 5.82 Å². The van der Waals surface area contributed by atoms with Crippen molar-refractivity contribution in [2.24, 2.45) is 5.84 Å². The molecule has 94 valence electrons. The van der Waals surface area contributed by atoms with Crippen LogP contribution in [0.15, 0.2) is 18.2 Å². The summed E-state index contributed by atoms with van der Waals surface area (Å²) >= 11 is 0. The molecule has 2 heterocycles. The normalized spacial score (nSPS) is 10.4. The number of pyridine rings is 1. The van der Waals surface area contributed by atoms with Gasteiger partial charge in [0, 0.05) is 17.0 Å². The van der Waals surface area contributed by atoms with Crippen LogP contribution in [0.3, 0.4) is 0 Å². The largest absolute Gasteiger partial charge is 0.308 e. The molecule has 5 nitrogen and oxygen atoms in total. The van der Waals surface area contributed by atoms with Crippen molar-refractivity contribution in [2.45, 2.75) is 27.2 Å². The molecular weight excluding hydrogens is 226 g/mol. The van der Waals surface area contributed by atoms with Crippen molar-refractivity contribution in [3.8, 4) is 11.5 Å². The van der Waals surface area contributed by atoms with Crippen LogP contribution in [0.25, 0.3) is 11.5 Å². The number of aryl methyl sites for hydroxylation is 2. The molecule has 3 N–H and O–H groups in total. The minimum Gasteiger partial charge on any atom is -0.308 e. The Labute approximate surface area is 106 Å². The van der Waals surface area contributed by atoms with Crippen LogP contribution >= 0.6 is 0 Å². The summed E-state index contributed by atoms with van der Waals surface area (Å²) in [6, 6.07) is 5.79. The van der Waals surface area contributed by atoms with Crippen LogP contribution in [-0.4, -0.2) is 15.0 Å². The number of nitrogen functional groups attached to an aromatic ring is 1. The maximum absolute atomic E-state index is 5.49. The Bertz CT molecular complexity index is 540. The Morgan fingerprint density at radius 3 is 2.56 bits per heavy atom. The summed E-state index contributed by atoms with van der Waals surface area (Å²) < 4.78 is 0. The van der Waals surface area contributed by atoms with Gasteiger partial charge in [-0.1, -0.05) is 13.0 Å². The first-order valence-corrected chi connectivity index (χ1v) is 5.93. The van der Waals surface area contributed by atoms with Crippen LogP contribution in [0.2, 0.25) is 0 Å². The van der Waals surface area contributed by atoms with Crippen molar-refractivity contribution >= 4 is 5.82 Å². The van der Waals surface area contributed by atoms with E-state index in [0.29, 0.717) is 11.6 Å². The number of aromatic nitrogens is 3. The zero-order chi connectivity index (χ0) is 13.1. The second-order valence-electron chi connectivity index (χ2n) is 4.13. The highest BCUT2D eigenvalue weighted by atomic mass is 15.3. The molecule has 0 aliphatic heterocycles. The highest BCUT2D eigenvalue weighted by Crippen LogP contribution is 2.20. The molecule has 0 fully saturated rings. The van der Waals surface area contributed by atoms with Gasteiger partial charge in [-0.25, -0.2) is 20.8 Å². The predicted octanol–water partition coefficient (Wildman–Crippen LogP) is 2.00. The molecule has 0 atom stereocenters. The molecule has 0 unspecified atom stereocenters. The van der Waals surface area contributed by atoms with Gasteiger partial charge in [0.05, 0.1) is 0 Å². The third-order valence-electron chi connectivity index (χ3n) is 2.84. The minimum atomic E-state index is 0.606. The van der Waals surface area contributed by atoms with E-state index in [-0.39, 0.29) is 0 Å².